The molecule has 0 spiro atoms. The maximum atomic E-state index is 12.1. The fraction of sp³-hybridized carbons (Fsp3) is 0.294. The van der Waals surface area contributed by atoms with E-state index in [4.69, 9.17) is 0 Å². The Labute approximate surface area is 139 Å². The van der Waals surface area contributed by atoms with Crippen LogP contribution in [0.2, 0.25) is 0 Å². The zero-order chi connectivity index (χ0) is 17.5. The molecule has 0 atom stereocenters. The summed E-state index contributed by atoms with van der Waals surface area (Å²) in [5, 5.41) is 9.23. The molecule has 0 radical (unpaired) electrons. The fourth-order valence-corrected chi connectivity index (χ4v) is 2.06. The molecule has 1 aromatic heterocycles. The van der Waals surface area contributed by atoms with Crippen LogP contribution in [0.3, 0.4) is 0 Å². The number of carbonyl (C=O) groups excluding carboxylic acids is 2. The summed E-state index contributed by atoms with van der Waals surface area (Å²) in [6.07, 6.45) is 0. The smallest absolute Gasteiger partial charge is 0.272 e. The first kappa shape index (κ1) is 17.4. The predicted molar refractivity (Wildman–Crippen MR) is 89.7 cm³/mol. The molecule has 2 aromatic rings. The van der Waals surface area contributed by atoms with E-state index >= 15 is 0 Å². The normalized spacial score (nSPS) is 10.5. The number of nitrogens with one attached hydrogen (secondary N) is 2. The summed E-state index contributed by atoms with van der Waals surface area (Å²) in [7, 11) is 0. The molecule has 0 fully saturated rings. The van der Waals surface area contributed by atoms with Crippen LogP contribution in [0.4, 0.5) is 0 Å². The molecule has 2 amide bonds. The van der Waals surface area contributed by atoms with Crippen molar-refractivity contribution < 1.29 is 9.59 Å². The van der Waals surface area contributed by atoms with E-state index in [9.17, 15) is 14.4 Å². The van der Waals surface area contributed by atoms with Crippen LogP contribution in [-0.2, 0) is 11.3 Å². The Morgan fingerprint density at radius 1 is 1.12 bits per heavy atom. The fourth-order valence-electron chi connectivity index (χ4n) is 2.06. The summed E-state index contributed by atoms with van der Waals surface area (Å²) in [5.41, 5.74) is 0.691. The number of aromatic nitrogens is 2. The molecule has 2 N–H and O–H groups in total. The second-order valence-electron chi connectivity index (χ2n) is 5.60. The minimum atomic E-state index is -0.504. The van der Waals surface area contributed by atoms with Crippen LogP contribution < -0.4 is 16.2 Å². The maximum absolute atomic E-state index is 12.1. The first-order chi connectivity index (χ1) is 11.5. The molecule has 0 saturated heterocycles. The van der Waals surface area contributed by atoms with Gasteiger partial charge >= 0.3 is 0 Å². The number of amides is 2. The van der Waals surface area contributed by atoms with Gasteiger partial charge in [-0.25, -0.2) is 4.68 Å². The molecule has 0 aliphatic heterocycles. The number of carbonyl (C=O) groups is 2. The third-order valence-electron chi connectivity index (χ3n) is 3.13. The molecule has 0 aliphatic rings. The highest BCUT2D eigenvalue weighted by molar-refractivity contribution is 5.94. The summed E-state index contributed by atoms with van der Waals surface area (Å²) in [5.74, 6) is -0.785. The molecular weight excluding hydrogens is 308 g/mol. The van der Waals surface area contributed by atoms with Gasteiger partial charge in [-0.3, -0.25) is 14.4 Å². The zero-order valence-corrected chi connectivity index (χ0v) is 13.7. The quantitative estimate of drug-likeness (QED) is 0.810. The number of hydrogen-bond acceptors (Lipinski definition) is 4. The van der Waals surface area contributed by atoms with Crippen LogP contribution in [-0.4, -0.2) is 34.2 Å². The monoisotopic (exact) mass is 328 g/mol. The summed E-state index contributed by atoms with van der Waals surface area (Å²) >= 11 is 0. The third-order valence-corrected chi connectivity index (χ3v) is 3.13. The highest BCUT2D eigenvalue weighted by atomic mass is 16.2. The Morgan fingerprint density at radius 2 is 1.83 bits per heavy atom. The van der Waals surface area contributed by atoms with Gasteiger partial charge in [-0.05, 0) is 25.5 Å². The Kier molecular flexibility index (Phi) is 5.83. The summed E-state index contributed by atoms with van der Waals surface area (Å²) in [6, 6.07) is 12.0. The van der Waals surface area contributed by atoms with Gasteiger partial charge in [-0.15, -0.1) is 0 Å². The van der Waals surface area contributed by atoms with Crippen LogP contribution in [0.1, 0.15) is 29.9 Å². The largest absolute Gasteiger partial charge is 0.352 e. The van der Waals surface area contributed by atoms with Crippen molar-refractivity contribution in [3.8, 4) is 0 Å². The van der Waals surface area contributed by atoms with Crippen molar-refractivity contribution >= 4 is 11.8 Å². The maximum Gasteiger partial charge on any atom is 0.272 e. The van der Waals surface area contributed by atoms with Crippen molar-refractivity contribution in [2.75, 3.05) is 6.54 Å². The van der Waals surface area contributed by atoms with Crippen molar-refractivity contribution in [1.29, 1.82) is 0 Å². The molecule has 126 valence electrons. The van der Waals surface area contributed by atoms with E-state index in [2.05, 4.69) is 15.7 Å². The van der Waals surface area contributed by atoms with Crippen LogP contribution in [0, 0.1) is 0 Å². The standard InChI is InChI=1S/C17H20N4O3/c1-12(2)19-15(22)10-18-17(24)14-8-9-16(23)21(20-14)11-13-6-4-3-5-7-13/h3-9,12H,10-11H2,1-2H3,(H,18,24)(H,19,22). The van der Waals surface area contributed by atoms with E-state index in [1.54, 1.807) is 0 Å². The SMILES string of the molecule is CC(C)NC(=O)CNC(=O)c1ccc(=O)n(Cc2ccccc2)n1. The average molecular weight is 328 g/mol. The van der Waals surface area contributed by atoms with Gasteiger partial charge < -0.3 is 10.6 Å². The van der Waals surface area contributed by atoms with E-state index in [1.165, 1.54) is 16.8 Å². The van der Waals surface area contributed by atoms with E-state index in [-0.39, 0.29) is 36.3 Å². The molecular formula is C17H20N4O3. The average Bonchev–Trinajstić information content (AvgIpc) is 2.55. The lowest BCUT2D eigenvalue weighted by atomic mass is 10.2. The number of benzene rings is 1. The van der Waals surface area contributed by atoms with Crippen LogP contribution in [0.5, 0.6) is 0 Å². The van der Waals surface area contributed by atoms with E-state index < -0.39 is 5.91 Å². The second-order valence-corrected chi connectivity index (χ2v) is 5.60. The minimum absolute atomic E-state index is 0.000282. The van der Waals surface area contributed by atoms with Crippen molar-refractivity contribution in [2.24, 2.45) is 0 Å². The lowest BCUT2D eigenvalue weighted by Gasteiger charge is -2.10. The van der Waals surface area contributed by atoms with Gasteiger partial charge in [0, 0.05) is 12.1 Å². The number of hydrogen-bond donors (Lipinski definition) is 2. The van der Waals surface area contributed by atoms with Gasteiger partial charge in [0.2, 0.25) is 5.91 Å². The molecule has 0 saturated carbocycles. The summed E-state index contributed by atoms with van der Waals surface area (Å²) < 4.78 is 1.22. The third kappa shape index (κ3) is 5.05. The van der Waals surface area contributed by atoms with Crippen molar-refractivity contribution in [3.63, 3.8) is 0 Å². The lowest BCUT2D eigenvalue weighted by molar-refractivity contribution is -0.120. The molecule has 7 heteroatoms. The first-order valence-corrected chi connectivity index (χ1v) is 7.65. The summed E-state index contributed by atoms with van der Waals surface area (Å²) in [6.45, 7) is 3.80. The van der Waals surface area contributed by atoms with Crippen molar-refractivity contribution in [1.82, 2.24) is 20.4 Å². The molecule has 0 aliphatic carbocycles. The van der Waals surface area contributed by atoms with Gasteiger partial charge in [-0.2, -0.15) is 5.10 Å². The minimum Gasteiger partial charge on any atom is -0.352 e. The van der Waals surface area contributed by atoms with Crippen molar-refractivity contribution in [2.45, 2.75) is 26.4 Å². The molecule has 1 heterocycles. The van der Waals surface area contributed by atoms with Gasteiger partial charge in [-0.1, -0.05) is 30.3 Å². The Hall–Kier alpha value is -2.96. The van der Waals surface area contributed by atoms with Crippen LogP contribution in [0.15, 0.2) is 47.3 Å². The van der Waals surface area contributed by atoms with E-state index in [0.717, 1.165) is 5.56 Å². The second kappa shape index (κ2) is 8.05. The molecule has 24 heavy (non-hydrogen) atoms. The highest BCUT2D eigenvalue weighted by Crippen LogP contribution is 2.00. The molecule has 2 rings (SSSR count). The zero-order valence-electron chi connectivity index (χ0n) is 13.7. The van der Waals surface area contributed by atoms with Gasteiger partial charge in [0.1, 0.15) is 5.69 Å². The molecule has 0 unspecified atom stereocenters. The van der Waals surface area contributed by atoms with Crippen LogP contribution in [0.25, 0.3) is 0 Å². The molecule has 0 bridgehead atoms. The Bertz CT molecular complexity index is 769. The highest BCUT2D eigenvalue weighted by Gasteiger charge is 2.12. The first-order valence-electron chi connectivity index (χ1n) is 7.65. The molecule has 1 aromatic carbocycles. The topological polar surface area (TPSA) is 93.1 Å². The Morgan fingerprint density at radius 3 is 2.50 bits per heavy atom. The van der Waals surface area contributed by atoms with E-state index in [1.807, 2.05) is 44.2 Å². The van der Waals surface area contributed by atoms with Gasteiger partial charge in [0.25, 0.3) is 11.5 Å². The van der Waals surface area contributed by atoms with Gasteiger partial charge in [0.05, 0.1) is 13.1 Å². The van der Waals surface area contributed by atoms with Crippen LogP contribution >= 0.6 is 0 Å². The van der Waals surface area contributed by atoms with Crippen molar-refractivity contribution in [3.05, 3.63) is 64.1 Å². The summed E-state index contributed by atoms with van der Waals surface area (Å²) in [4.78, 5) is 35.5. The number of nitrogens with zero attached hydrogens (tertiary/aromatic N) is 2. The predicted octanol–water partition coefficient (Wildman–Crippen LogP) is 0.546. The van der Waals surface area contributed by atoms with Gasteiger partial charge in [0.15, 0.2) is 0 Å². The van der Waals surface area contributed by atoms with E-state index in [0.29, 0.717) is 0 Å². The number of rotatable bonds is 6. The Balaban J connectivity index is 2.05. The lowest BCUT2D eigenvalue weighted by Crippen LogP contribution is -2.40. The molecule has 7 nitrogen and oxygen atoms in total.